The molecule has 2 rings (SSSR count). The summed E-state index contributed by atoms with van der Waals surface area (Å²) < 4.78 is 3.80. The maximum absolute atomic E-state index is 12.0. The van der Waals surface area contributed by atoms with E-state index in [2.05, 4.69) is 5.10 Å². The SMILES string of the molecule is Cc1nn(C)c(Cl)c1Cn1c(=O)c(N)cn(C)c1=O. The molecule has 2 heterocycles. The molecule has 8 heteroatoms. The van der Waals surface area contributed by atoms with Crippen LogP contribution in [0.15, 0.2) is 15.8 Å². The van der Waals surface area contributed by atoms with Gasteiger partial charge in [0.2, 0.25) is 0 Å². The van der Waals surface area contributed by atoms with Crippen molar-refractivity contribution in [3.05, 3.63) is 43.4 Å². The molecule has 0 saturated carbocycles. The predicted octanol–water partition coefficient (Wildman–Crippen LogP) is -0.127. The third-order valence-electron chi connectivity index (χ3n) is 2.94. The highest BCUT2D eigenvalue weighted by molar-refractivity contribution is 6.30. The molecule has 0 fully saturated rings. The molecule has 2 N–H and O–H groups in total. The highest BCUT2D eigenvalue weighted by Gasteiger charge is 2.15. The van der Waals surface area contributed by atoms with Crippen LogP contribution in [-0.4, -0.2) is 18.9 Å². The molecule has 0 amide bonds. The minimum absolute atomic E-state index is 0.0137. The Balaban J connectivity index is 2.62. The third kappa shape index (κ3) is 2.17. The molecule has 7 nitrogen and oxygen atoms in total. The largest absolute Gasteiger partial charge is 0.393 e. The van der Waals surface area contributed by atoms with Crippen molar-refractivity contribution in [2.45, 2.75) is 13.5 Å². The first-order valence-corrected chi connectivity index (χ1v) is 5.94. The average molecular weight is 284 g/mol. The number of halogens is 1. The molecule has 0 radical (unpaired) electrons. The Labute approximate surface area is 113 Å². The van der Waals surface area contributed by atoms with Crippen molar-refractivity contribution < 1.29 is 0 Å². The number of rotatable bonds is 2. The quantitative estimate of drug-likeness (QED) is 0.832. The number of nitrogen functional groups attached to an aromatic ring is 1. The lowest BCUT2D eigenvalue weighted by molar-refractivity contribution is 0.641. The van der Waals surface area contributed by atoms with Crippen LogP contribution in [0.4, 0.5) is 5.69 Å². The maximum Gasteiger partial charge on any atom is 0.331 e. The Morgan fingerprint density at radius 3 is 2.53 bits per heavy atom. The number of hydrogen-bond donors (Lipinski definition) is 1. The van der Waals surface area contributed by atoms with Crippen LogP contribution in [0.25, 0.3) is 0 Å². The number of aromatic nitrogens is 4. The molecule has 0 aliphatic heterocycles. The summed E-state index contributed by atoms with van der Waals surface area (Å²) in [4.78, 5) is 23.9. The number of nitrogens with zero attached hydrogens (tertiary/aromatic N) is 4. The predicted molar refractivity (Wildman–Crippen MR) is 72.4 cm³/mol. The molecule has 2 aromatic heterocycles. The van der Waals surface area contributed by atoms with Gasteiger partial charge < -0.3 is 10.3 Å². The van der Waals surface area contributed by atoms with E-state index in [1.807, 2.05) is 0 Å². The van der Waals surface area contributed by atoms with Gasteiger partial charge in [0, 0.05) is 25.9 Å². The first-order valence-electron chi connectivity index (χ1n) is 5.57. The van der Waals surface area contributed by atoms with Gasteiger partial charge in [0.25, 0.3) is 5.56 Å². The van der Waals surface area contributed by atoms with Crippen molar-refractivity contribution in [1.29, 1.82) is 0 Å². The summed E-state index contributed by atoms with van der Waals surface area (Å²) in [5.41, 5.74) is 5.92. The zero-order chi connectivity index (χ0) is 14.3. The molecule has 19 heavy (non-hydrogen) atoms. The van der Waals surface area contributed by atoms with E-state index in [4.69, 9.17) is 17.3 Å². The van der Waals surface area contributed by atoms with Gasteiger partial charge in [0.05, 0.1) is 12.2 Å². The van der Waals surface area contributed by atoms with Crippen molar-refractivity contribution in [2.75, 3.05) is 5.73 Å². The molecule has 0 atom stereocenters. The van der Waals surface area contributed by atoms with Crippen LogP contribution in [-0.2, 0) is 20.6 Å². The number of hydrogen-bond acceptors (Lipinski definition) is 4. The van der Waals surface area contributed by atoms with Crippen molar-refractivity contribution >= 4 is 17.3 Å². The van der Waals surface area contributed by atoms with Crippen molar-refractivity contribution in [3.8, 4) is 0 Å². The minimum Gasteiger partial charge on any atom is -0.393 e. The van der Waals surface area contributed by atoms with Crippen LogP contribution < -0.4 is 17.0 Å². The summed E-state index contributed by atoms with van der Waals surface area (Å²) in [6.07, 6.45) is 1.30. The smallest absolute Gasteiger partial charge is 0.331 e. The molecule has 0 bridgehead atoms. The van der Waals surface area contributed by atoms with E-state index < -0.39 is 11.2 Å². The second-order valence-electron chi connectivity index (χ2n) is 4.35. The van der Waals surface area contributed by atoms with E-state index in [-0.39, 0.29) is 12.2 Å². The van der Waals surface area contributed by atoms with Crippen molar-refractivity contribution in [3.63, 3.8) is 0 Å². The van der Waals surface area contributed by atoms with Gasteiger partial charge in [-0.1, -0.05) is 11.6 Å². The first kappa shape index (κ1) is 13.4. The minimum atomic E-state index is -0.526. The third-order valence-corrected chi connectivity index (χ3v) is 3.42. The standard InChI is InChI=1S/C11H14ClN5O2/c1-6-7(9(12)16(3)14-6)4-17-10(18)8(13)5-15(2)11(17)19/h5H,4,13H2,1-3H3. The lowest BCUT2D eigenvalue weighted by Crippen LogP contribution is -2.40. The highest BCUT2D eigenvalue weighted by Crippen LogP contribution is 2.18. The van der Waals surface area contributed by atoms with Crippen LogP contribution in [0.1, 0.15) is 11.3 Å². The second-order valence-corrected chi connectivity index (χ2v) is 4.71. The molecule has 102 valence electrons. The lowest BCUT2D eigenvalue weighted by Gasteiger charge is -2.08. The van der Waals surface area contributed by atoms with Crippen LogP contribution in [0.5, 0.6) is 0 Å². The van der Waals surface area contributed by atoms with Crippen molar-refractivity contribution in [2.24, 2.45) is 14.1 Å². The Bertz CT molecular complexity index is 721. The molecular weight excluding hydrogens is 270 g/mol. The maximum atomic E-state index is 12.0. The van der Waals surface area contributed by atoms with Gasteiger partial charge in [-0.05, 0) is 6.92 Å². The number of anilines is 1. The highest BCUT2D eigenvalue weighted by atomic mass is 35.5. The lowest BCUT2D eigenvalue weighted by atomic mass is 10.2. The molecule has 2 aromatic rings. The number of aryl methyl sites for hydroxylation is 3. The van der Waals surface area contributed by atoms with Gasteiger partial charge in [0.15, 0.2) is 0 Å². The van der Waals surface area contributed by atoms with E-state index in [1.54, 1.807) is 14.0 Å². The molecular formula is C11H14ClN5O2. The van der Waals surface area contributed by atoms with Crippen LogP contribution >= 0.6 is 11.6 Å². The van der Waals surface area contributed by atoms with Crippen LogP contribution in [0.3, 0.4) is 0 Å². The van der Waals surface area contributed by atoms with Gasteiger partial charge in [-0.2, -0.15) is 5.10 Å². The van der Waals surface area contributed by atoms with Crippen molar-refractivity contribution in [1.82, 2.24) is 18.9 Å². The average Bonchev–Trinajstić information content (AvgIpc) is 2.58. The van der Waals surface area contributed by atoms with E-state index in [1.165, 1.54) is 22.5 Å². The fourth-order valence-electron chi connectivity index (χ4n) is 1.90. The topological polar surface area (TPSA) is 87.8 Å². The molecule has 0 aromatic carbocycles. The van der Waals surface area contributed by atoms with Gasteiger partial charge in [-0.25, -0.2) is 4.79 Å². The van der Waals surface area contributed by atoms with Gasteiger partial charge in [-0.15, -0.1) is 0 Å². The summed E-state index contributed by atoms with van der Waals surface area (Å²) in [6.45, 7) is 1.82. The van der Waals surface area contributed by atoms with Crippen LogP contribution in [0, 0.1) is 6.92 Å². The van der Waals surface area contributed by atoms with Gasteiger partial charge in [0.1, 0.15) is 10.8 Å². The Morgan fingerprint density at radius 2 is 2.00 bits per heavy atom. The van der Waals surface area contributed by atoms with Gasteiger partial charge >= 0.3 is 5.69 Å². The Morgan fingerprint density at radius 1 is 1.37 bits per heavy atom. The second kappa shape index (κ2) is 4.58. The van der Waals surface area contributed by atoms with E-state index in [0.29, 0.717) is 16.4 Å². The fourth-order valence-corrected chi connectivity index (χ4v) is 2.14. The molecule has 0 unspecified atom stereocenters. The van der Waals surface area contributed by atoms with Crippen LogP contribution in [0.2, 0.25) is 5.15 Å². The summed E-state index contributed by atoms with van der Waals surface area (Å²) in [5.74, 6) is 0. The van der Waals surface area contributed by atoms with E-state index in [0.717, 1.165) is 4.57 Å². The summed E-state index contributed by atoms with van der Waals surface area (Å²) in [6, 6.07) is 0. The Hall–Kier alpha value is -2.02. The zero-order valence-corrected chi connectivity index (χ0v) is 11.6. The summed E-state index contributed by atoms with van der Waals surface area (Å²) >= 11 is 6.09. The molecule has 0 saturated heterocycles. The molecule has 0 aliphatic carbocycles. The summed E-state index contributed by atoms with van der Waals surface area (Å²) in [7, 11) is 3.23. The zero-order valence-electron chi connectivity index (χ0n) is 10.8. The molecule has 0 spiro atoms. The Kier molecular flexibility index (Phi) is 3.23. The first-order chi connectivity index (χ1) is 8.82. The molecule has 0 aliphatic rings. The normalized spacial score (nSPS) is 10.9. The monoisotopic (exact) mass is 283 g/mol. The van der Waals surface area contributed by atoms with E-state index >= 15 is 0 Å². The van der Waals surface area contributed by atoms with E-state index in [9.17, 15) is 9.59 Å². The summed E-state index contributed by atoms with van der Waals surface area (Å²) in [5, 5.41) is 4.54. The van der Waals surface area contributed by atoms with Gasteiger partial charge in [-0.3, -0.25) is 14.0 Å². The fraction of sp³-hybridized carbons (Fsp3) is 0.364. The number of nitrogens with two attached hydrogens (primary N) is 1.